The highest BCUT2D eigenvalue weighted by atomic mass is 127. The van der Waals surface area contributed by atoms with Gasteiger partial charge in [0.1, 0.15) is 5.60 Å². The van der Waals surface area contributed by atoms with Crippen LogP contribution in [-0.4, -0.2) is 29.5 Å². The van der Waals surface area contributed by atoms with Crippen LogP contribution in [0.25, 0.3) is 10.9 Å². The molecule has 1 aromatic carbocycles. The van der Waals surface area contributed by atoms with Crippen molar-refractivity contribution in [1.29, 1.82) is 0 Å². The molecule has 0 aliphatic carbocycles. The summed E-state index contributed by atoms with van der Waals surface area (Å²) < 4.78 is 14.2. The second-order valence-corrected chi connectivity index (χ2v) is 8.50. The molecule has 5 heteroatoms. The molecule has 130 valence electrons. The van der Waals surface area contributed by atoms with E-state index in [1.807, 2.05) is 27.7 Å². The number of hydrogen-bond acceptors (Lipinski definition) is 3. The van der Waals surface area contributed by atoms with E-state index in [0.717, 1.165) is 51.8 Å². The Kier molecular flexibility index (Phi) is 4.93. The van der Waals surface area contributed by atoms with Gasteiger partial charge >= 0.3 is 6.09 Å². The Bertz CT molecular complexity index is 767. The van der Waals surface area contributed by atoms with Crippen molar-refractivity contribution in [2.75, 3.05) is 13.2 Å². The summed E-state index contributed by atoms with van der Waals surface area (Å²) in [4.78, 5) is 13.0. The fourth-order valence-corrected chi connectivity index (χ4v) is 4.35. The van der Waals surface area contributed by atoms with Gasteiger partial charge in [-0.2, -0.15) is 0 Å². The van der Waals surface area contributed by atoms with Crippen LogP contribution in [0.4, 0.5) is 4.79 Å². The van der Waals surface area contributed by atoms with Gasteiger partial charge in [-0.3, -0.25) is 0 Å². The first kappa shape index (κ1) is 17.7. The van der Waals surface area contributed by atoms with Crippen molar-refractivity contribution >= 4 is 39.6 Å². The minimum atomic E-state index is -0.518. The molecular formula is C19H24INO3. The number of benzene rings is 1. The van der Waals surface area contributed by atoms with E-state index >= 15 is 0 Å². The summed E-state index contributed by atoms with van der Waals surface area (Å²) in [6.07, 6.45) is 1.59. The normalized spacial score (nSPS) is 16.5. The summed E-state index contributed by atoms with van der Waals surface area (Å²) in [7, 11) is 0. The van der Waals surface area contributed by atoms with Crippen molar-refractivity contribution in [2.24, 2.45) is 0 Å². The Morgan fingerprint density at radius 3 is 2.58 bits per heavy atom. The van der Waals surface area contributed by atoms with E-state index in [-0.39, 0.29) is 6.09 Å². The molecule has 2 heterocycles. The number of ether oxygens (including phenoxy) is 2. The van der Waals surface area contributed by atoms with E-state index in [9.17, 15) is 4.79 Å². The molecule has 1 aliphatic rings. The van der Waals surface area contributed by atoms with Gasteiger partial charge in [-0.25, -0.2) is 9.36 Å². The topological polar surface area (TPSA) is 40.5 Å². The maximum atomic E-state index is 13.0. The Labute approximate surface area is 156 Å². The number of carbonyl (C=O) groups is 1. The molecule has 0 atom stereocenters. The van der Waals surface area contributed by atoms with Crippen LogP contribution < -0.4 is 0 Å². The van der Waals surface area contributed by atoms with Crippen LogP contribution in [-0.2, 0) is 9.47 Å². The summed E-state index contributed by atoms with van der Waals surface area (Å²) in [5.74, 6) is 0.325. The molecule has 0 unspecified atom stereocenters. The number of hydrogen-bond donors (Lipinski definition) is 0. The fourth-order valence-electron chi connectivity index (χ4n) is 3.22. The maximum absolute atomic E-state index is 13.0. The number of fused-ring (bicyclic) bond motifs is 1. The molecule has 2 aromatic rings. The van der Waals surface area contributed by atoms with Crippen molar-refractivity contribution in [3.63, 3.8) is 0 Å². The van der Waals surface area contributed by atoms with Crippen LogP contribution in [0.3, 0.4) is 0 Å². The van der Waals surface area contributed by atoms with Crippen molar-refractivity contribution in [3.05, 3.63) is 33.0 Å². The molecule has 1 fully saturated rings. The van der Waals surface area contributed by atoms with Crippen LogP contribution in [0.1, 0.15) is 50.8 Å². The van der Waals surface area contributed by atoms with Crippen LogP contribution in [0, 0.1) is 10.5 Å². The Hall–Kier alpha value is -1.08. The van der Waals surface area contributed by atoms with Gasteiger partial charge in [-0.05, 0) is 74.8 Å². The first-order chi connectivity index (χ1) is 11.3. The van der Waals surface area contributed by atoms with Gasteiger partial charge in [0.25, 0.3) is 0 Å². The smallest absolute Gasteiger partial charge is 0.419 e. The summed E-state index contributed by atoms with van der Waals surface area (Å²) in [5.41, 5.74) is 2.64. The third kappa shape index (κ3) is 3.47. The lowest BCUT2D eigenvalue weighted by Gasteiger charge is -2.26. The summed E-state index contributed by atoms with van der Waals surface area (Å²) >= 11 is 2.37. The zero-order valence-corrected chi connectivity index (χ0v) is 16.8. The lowest BCUT2D eigenvalue weighted by molar-refractivity contribution is 0.0522. The third-order valence-corrected chi connectivity index (χ3v) is 5.41. The molecule has 0 amide bonds. The van der Waals surface area contributed by atoms with Gasteiger partial charge in [-0.1, -0.05) is 12.1 Å². The Balaban J connectivity index is 2.18. The average molecular weight is 441 g/mol. The highest BCUT2D eigenvalue weighted by Crippen LogP contribution is 2.37. The number of carbonyl (C=O) groups excluding carboxylic acids is 1. The molecule has 1 aliphatic heterocycles. The highest BCUT2D eigenvalue weighted by Gasteiger charge is 2.30. The SMILES string of the molecule is Cc1ccc2c(I)c(C3CCOCC3)n(C(=O)OC(C)(C)C)c2c1. The molecule has 4 nitrogen and oxygen atoms in total. The van der Waals surface area contributed by atoms with Crippen LogP contribution >= 0.6 is 22.6 Å². The molecule has 1 aromatic heterocycles. The maximum Gasteiger partial charge on any atom is 0.419 e. The van der Waals surface area contributed by atoms with E-state index in [1.54, 1.807) is 4.57 Å². The predicted molar refractivity (Wildman–Crippen MR) is 104 cm³/mol. The monoisotopic (exact) mass is 441 g/mol. The fraction of sp³-hybridized carbons (Fsp3) is 0.526. The van der Waals surface area contributed by atoms with Gasteiger partial charge in [0.2, 0.25) is 0 Å². The quantitative estimate of drug-likeness (QED) is 0.569. The summed E-state index contributed by atoms with van der Waals surface area (Å²) in [6, 6.07) is 6.28. The van der Waals surface area contributed by atoms with Crippen molar-refractivity contribution in [2.45, 2.75) is 52.1 Å². The average Bonchev–Trinajstić information content (AvgIpc) is 2.79. The van der Waals surface area contributed by atoms with Gasteiger partial charge in [-0.15, -0.1) is 0 Å². The van der Waals surface area contributed by atoms with E-state index < -0.39 is 5.60 Å². The zero-order chi connectivity index (χ0) is 17.5. The van der Waals surface area contributed by atoms with Crippen LogP contribution in [0.15, 0.2) is 18.2 Å². The van der Waals surface area contributed by atoms with Crippen molar-refractivity contribution < 1.29 is 14.3 Å². The standard InChI is InChI=1S/C19H24INO3/c1-12-5-6-14-15(11-12)21(18(22)24-19(2,3)4)17(16(14)20)13-7-9-23-10-8-13/h5-6,11,13H,7-10H2,1-4H3. The van der Waals surface area contributed by atoms with Gasteiger partial charge in [0.15, 0.2) is 0 Å². The van der Waals surface area contributed by atoms with Crippen molar-refractivity contribution in [1.82, 2.24) is 4.57 Å². The minimum absolute atomic E-state index is 0.289. The zero-order valence-electron chi connectivity index (χ0n) is 14.7. The largest absolute Gasteiger partial charge is 0.443 e. The van der Waals surface area contributed by atoms with E-state index in [2.05, 4.69) is 40.8 Å². The van der Waals surface area contributed by atoms with Gasteiger partial charge in [0, 0.05) is 33.8 Å². The van der Waals surface area contributed by atoms with Crippen LogP contribution in [0.5, 0.6) is 0 Å². The van der Waals surface area contributed by atoms with Crippen molar-refractivity contribution in [3.8, 4) is 0 Å². The molecule has 0 bridgehead atoms. The van der Waals surface area contributed by atoms with E-state index in [1.165, 1.54) is 0 Å². The highest BCUT2D eigenvalue weighted by molar-refractivity contribution is 14.1. The Morgan fingerprint density at radius 2 is 1.96 bits per heavy atom. The lowest BCUT2D eigenvalue weighted by Crippen LogP contribution is -2.29. The molecule has 24 heavy (non-hydrogen) atoms. The van der Waals surface area contributed by atoms with Crippen LogP contribution in [0.2, 0.25) is 0 Å². The molecule has 3 rings (SSSR count). The number of nitrogens with zero attached hydrogens (tertiary/aromatic N) is 1. The molecular weight excluding hydrogens is 417 g/mol. The number of aryl methyl sites for hydroxylation is 1. The number of halogens is 1. The molecule has 0 N–H and O–H groups in total. The third-order valence-electron chi connectivity index (χ3n) is 4.28. The number of aromatic nitrogens is 1. The van der Waals surface area contributed by atoms with E-state index in [4.69, 9.17) is 9.47 Å². The first-order valence-electron chi connectivity index (χ1n) is 8.39. The predicted octanol–water partition coefficient (Wildman–Crippen LogP) is 5.23. The van der Waals surface area contributed by atoms with E-state index in [0.29, 0.717) is 5.92 Å². The number of rotatable bonds is 1. The summed E-state index contributed by atoms with van der Waals surface area (Å²) in [6.45, 7) is 9.25. The first-order valence-corrected chi connectivity index (χ1v) is 9.47. The lowest BCUT2D eigenvalue weighted by atomic mass is 9.96. The molecule has 0 saturated carbocycles. The summed E-state index contributed by atoms with van der Waals surface area (Å²) in [5, 5.41) is 1.12. The molecule has 0 spiro atoms. The second kappa shape index (κ2) is 6.67. The van der Waals surface area contributed by atoms with Gasteiger partial charge < -0.3 is 9.47 Å². The van der Waals surface area contributed by atoms with Gasteiger partial charge in [0.05, 0.1) is 5.52 Å². The Morgan fingerprint density at radius 1 is 1.29 bits per heavy atom. The second-order valence-electron chi connectivity index (χ2n) is 7.42. The minimum Gasteiger partial charge on any atom is -0.443 e. The molecule has 1 saturated heterocycles. The molecule has 0 radical (unpaired) electrons.